The van der Waals surface area contributed by atoms with Crippen LogP contribution in [-0.4, -0.2) is 12.6 Å². The summed E-state index contributed by atoms with van der Waals surface area (Å²) in [6.07, 6.45) is 2.91. The van der Waals surface area contributed by atoms with Gasteiger partial charge in [-0.2, -0.15) is 0 Å². The molecular weight excluding hydrogens is 98.1 g/mol. The lowest BCUT2D eigenvalue weighted by Crippen LogP contribution is -2.27. The molecule has 0 amide bonds. The van der Waals surface area contributed by atoms with Gasteiger partial charge in [-0.15, -0.1) is 0 Å². The first-order valence-electron chi connectivity index (χ1n) is 3.58. The first-order valence-corrected chi connectivity index (χ1v) is 3.58. The molecule has 48 valence electrons. The molecule has 0 radical (unpaired) electrons. The standard InChI is InChI=1S/C7H15N/c1-3-8-6(2)7-4-5-7/h6-8H,3-5H2,1-2H3. The van der Waals surface area contributed by atoms with Gasteiger partial charge in [-0.3, -0.25) is 0 Å². The highest BCUT2D eigenvalue weighted by Crippen LogP contribution is 2.31. The van der Waals surface area contributed by atoms with Crippen molar-refractivity contribution >= 4 is 0 Å². The molecule has 0 saturated heterocycles. The smallest absolute Gasteiger partial charge is 0.00668 e. The first-order chi connectivity index (χ1) is 3.84. The summed E-state index contributed by atoms with van der Waals surface area (Å²) in [5, 5.41) is 3.41. The van der Waals surface area contributed by atoms with Crippen molar-refractivity contribution in [1.82, 2.24) is 5.32 Å². The fourth-order valence-corrected chi connectivity index (χ4v) is 1.08. The summed E-state index contributed by atoms with van der Waals surface area (Å²) >= 11 is 0. The van der Waals surface area contributed by atoms with Crippen LogP contribution in [-0.2, 0) is 0 Å². The zero-order valence-corrected chi connectivity index (χ0v) is 5.78. The summed E-state index contributed by atoms with van der Waals surface area (Å²) in [6.45, 7) is 5.57. The van der Waals surface area contributed by atoms with E-state index in [9.17, 15) is 0 Å². The fraction of sp³-hybridized carbons (Fsp3) is 1.00. The van der Waals surface area contributed by atoms with E-state index in [0.29, 0.717) is 0 Å². The molecule has 0 heterocycles. The van der Waals surface area contributed by atoms with Crippen LogP contribution in [0.3, 0.4) is 0 Å². The highest BCUT2D eigenvalue weighted by molar-refractivity contribution is 4.82. The second kappa shape index (κ2) is 2.49. The van der Waals surface area contributed by atoms with Crippen LogP contribution in [0.25, 0.3) is 0 Å². The average molecular weight is 113 g/mol. The van der Waals surface area contributed by atoms with E-state index in [4.69, 9.17) is 0 Å². The van der Waals surface area contributed by atoms with Crippen LogP contribution >= 0.6 is 0 Å². The van der Waals surface area contributed by atoms with Crippen molar-refractivity contribution in [2.75, 3.05) is 6.54 Å². The topological polar surface area (TPSA) is 12.0 Å². The number of nitrogens with one attached hydrogen (secondary N) is 1. The van der Waals surface area contributed by atoms with Gasteiger partial charge in [0.15, 0.2) is 0 Å². The van der Waals surface area contributed by atoms with Crippen LogP contribution in [0.4, 0.5) is 0 Å². The molecule has 1 aliphatic carbocycles. The largest absolute Gasteiger partial charge is 0.314 e. The number of rotatable bonds is 3. The molecule has 0 spiro atoms. The van der Waals surface area contributed by atoms with Crippen molar-refractivity contribution < 1.29 is 0 Å². The Labute approximate surface area is 51.5 Å². The van der Waals surface area contributed by atoms with Crippen LogP contribution in [0.1, 0.15) is 26.7 Å². The number of hydrogen-bond acceptors (Lipinski definition) is 1. The molecule has 1 fully saturated rings. The Bertz CT molecular complexity index is 66.8. The van der Waals surface area contributed by atoms with Gasteiger partial charge in [-0.25, -0.2) is 0 Å². The van der Waals surface area contributed by atoms with Gasteiger partial charge in [0.2, 0.25) is 0 Å². The maximum absolute atomic E-state index is 3.41. The Morgan fingerprint density at radius 2 is 2.25 bits per heavy atom. The molecule has 0 aliphatic heterocycles. The van der Waals surface area contributed by atoms with E-state index in [0.717, 1.165) is 18.5 Å². The van der Waals surface area contributed by atoms with Gasteiger partial charge in [0.25, 0.3) is 0 Å². The summed E-state index contributed by atoms with van der Waals surface area (Å²) in [6, 6.07) is 0.778. The van der Waals surface area contributed by atoms with Gasteiger partial charge >= 0.3 is 0 Å². The molecule has 0 aromatic heterocycles. The Kier molecular flexibility index (Phi) is 1.90. The minimum absolute atomic E-state index is 0.778. The predicted octanol–water partition coefficient (Wildman–Crippen LogP) is 1.39. The van der Waals surface area contributed by atoms with Gasteiger partial charge in [-0.1, -0.05) is 6.92 Å². The summed E-state index contributed by atoms with van der Waals surface area (Å²) in [5.41, 5.74) is 0. The summed E-state index contributed by atoms with van der Waals surface area (Å²) in [7, 11) is 0. The Morgan fingerprint density at radius 3 is 2.62 bits per heavy atom. The van der Waals surface area contributed by atoms with E-state index >= 15 is 0 Å². The summed E-state index contributed by atoms with van der Waals surface area (Å²) in [4.78, 5) is 0. The second-order valence-corrected chi connectivity index (χ2v) is 2.68. The molecule has 1 heteroatoms. The van der Waals surface area contributed by atoms with Crippen molar-refractivity contribution in [2.45, 2.75) is 32.7 Å². The maximum Gasteiger partial charge on any atom is 0.00668 e. The Hall–Kier alpha value is -0.0400. The minimum atomic E-state index is 0.778. The van der Waals surface area contributed by atoms with Gasteiger partial charge in [0.05, 0.1) is 0 Å². The van der Waals surface area contributed by atoms with Gasteiger partial charge in [-0.05, 0) is 32.2 Å². The van der Waals surface area contributed by atoms with Gasteiger partial charge in [0, 0.05) is 6.04 Å². The molecule has 1 nitrogen and oxygen atoms in total. The average Bonchev–Trinajstić information content (AvgIpc) is 2.45. The van der Waals surface area contributed by atoms with Gasteiger partial charge < -0.3 is 5.32 Å². The molecule has 1 aliphatic rings. The quantitative estimate of drug-likeness (QED) is 0.583. The van der Waals surface area contributed by atoms with Gasteiger partial charge in [0.1, 0.15) is 0 Å². The molecular formula is C7H15N. The molecule has 0 bridgehead atoms. The summed E-state index contributed by atoms with van der Waals surface area (Å²) in [5.74, 6) is 1.01. The predicted molar refractivity (Wildman–Crippen MR) is 35.9 cm³/mol. The van der Waals surface area contributed by atoms with E-state index in [1.54, 1.807) is 0 Å². The third kappa shape index (κ3) is 1.48. The zero-order chi connectivity index (χ0) is 5.98. The summed E-state index contributed by atoms with van der Waals surface area (Å²) < 4.78 is 0. The first kappa shape index (κ1) is 6.09. The maximum atomic E-state index is 3.41. The van der Waals surface area contributed by atoms with Crippen LogP contribution in [0.2, 0.25) is 0 Å². The molecule has 1 saturated carbocycles. The van der Waals surface area contributed by atoms with E-state index in [1.807, 2.05) is 0 Å². The lowest BCUT2D eigenvalue weighted by Gasteiger charge is -2.08. The van der Waals surface area contributed by atoms with Crippen molar-refractivity contribution in [2.24, 2.45) is 5.92 Å². The Morgan fingerprint density at radius 1 is 1.62 bits per heavy atom. The van der Waals surface area contributed by atoms with Crippen LogP contribution < -0.4 is 5.32 Å². The normalized spacial score (nSPS) is 23.2. The molecule has 8 heavy (non-hydrogen) atoms. The van der Waals surface area contributed by atoms with E-state index in [-0.39, 0.29) is 0 Å². The lowest BCUT2D eigenvalue weighted by atomic mass is 10.2. The highest BCUT2D eigenvalue weighted by atomic mass is 14.9. The minimum Gasteiger partial charge on any atom is -0.314 e. The van der Waals surface area contributed by atoms with Crippen LogP contribution in [0, 0.1) is 5.92 Å². The SMILES string of the molecule is CCNC(C)C1CC1. The third-order valence-corrected chi connectivity index (χ3v) is 1.86. The van der Waals surface area contributed by atoms with Crippen LogP contribution in [0.5, 0.6) is 0 Å². The molecule has 1 atom stereocenters. The second-order valence-electron chi connectivity index (χ2n) is 2.68. The molecule has 0 aromatic rings. The molecule has 1 rings (SSSR count). The molecule has 1 unspecified atom stereocenters. The van der Waals surface area contributed by atoms with Crippen LogP contribution in [0.15, 0.2) is 0 Å². The van der Waals surface area contributed by atoms with Crippen molar-refractivity contribution in [3.63, 3.8) is 0 Å². The zero-order valence-electron chi connectivity index (χ0n) is 5.78. The van der Waals surface area contributed by atoms with Crippen molar-refractivity contribution in [3.8, 4) is 0 Å². The van der Waals surface area contributed by atoms with E-state index in [2.05, 4.69) is 19.2 Å². The van der Waals surface area contributed by atoms with Crippen molar-refractivity contribution in [1.29, 1.82) is 0 Å². The van der Waals surface area contributed by atoms with E-state index in [1.165, 1.54) is 12.8 Å². The monoisotopic (exact) mass is 113 g/mol. The Balaban J connectivity index is 2.03. The highest BCUT2D eigenvalue weighted by Gasteiger charge is 2.26. The number of hydrogen-bond donors (Lipinski definition) is 1. The lowest BCUT2D eigenvalue weighted by molar-refractivity contribution is 0.512. The molecule has 0 aromatic carbocycles. The molecule has 1 N–H and O–H groups in total. The van der Waals surface area contributed by atoms with E-state index < -0.39 is 0 Å². The third-order valence-electron chi connectivity index (χ3n) is 1.86. The fourth-order valence-electron chi connectivity index (χ4n) is 1.08. The van der Waals surface area contributed by atoms with Crippen molar-refractivity contribution in [3.05, 3.63) is 0 Å².